The summed E-state index contributed by atoms with van der Waals surface area (Å²) >= 11 is 0. The largest absolute Gasteiger partial charge is 0.394 e. The molecule has 0 saturated carbocycles. The minimum absolute atomic E-state index is 0.0142. The van der Waals surface area contributed by atoms with Gasteiger partial charge in [-0.2, -0.15) is 15.0 Å². The molecule has 2 aromatic rings. The van der Waals surface area contributed by atoms with E-state index in [9.17, 15) is 5.11 Å². The van der Waals surface area contributed by atoms with Gasteiger partial charge in [-0.1, -0.05) is 13.8 Å². The lowest BCUT2D eigenvalue weighted by molar-refractivity contribution is 0.248. The van der Waals surface area contributed by atoms with Crippen LogP contribution in [-0.2, 0) is 0 Å². The van der Waals surface area contributed by atoms with Crippen molar-refractivity contribution in [3.8, 4) is 5.95 Å². The molecule has 0 spiro atoms. The van der Waals surface area contributed by atoms with Gasteiger partial charge in [0.2, 0.25) is 17.8 Å². The molecule has 8 nitrogen and oxygen atoms in total. The fourth-order valence-electron chi connectivity index (χ4n) is 1.75. The molecule has 0 amide bonds. The van der Waals surface area contributed by atoms with E-state index in [4.69, 9.17) is 0 Å². The fraction of sp³-hybridized carbons (Fsp3) is 0.538. The van der Waals surface area contributed by atoms with E-state index >= 15 is 0 Å². The van der Waals surface area contributed by atoms with Crippen molar-refractivity contribution in [2.75, 3.05) is 23.8 Å². The molecule has 2 heterocycles. The van der Waals surface area contributed by atoms with Gasteiger partial charge in [0.1, 0.15) is 6.33 Å². The Hall–Kier alpha value is -2.22. The molecule has 0 fully saturated rings. The molecule has 0 aliphatic rings. The predicted molar refractivity (Wildman–Crippen MR) is 80.4 cm³/mol. The lowest BCUT2D eigenvalue weighted by Crippen LogP contribution is -2.30. The normalized spacial score (nSPS) is 12.4. The second-order valence-corrected chi connectivity index (χ2v) is 4.96. The molecule has 21 heavy (non-hydrogen) atoms. The Morgan fingerprint density at radius 2 is 2.00 bits per heavy atom. The third kappa shape index (κ3) is 3.88. The van der Waals surface area contributed by atoms with Gasteiger partial charge in [0.05, 0.1) is 12.6 Å². The van der Waals surface area contributed by atoms with Gasteiger partial charge in [-0.05, 0) is 12.8 Å². The van der Waals surface area contributed by atoms with E-state index < -0.39 is 0 Å². The minimum Gasteiger partial charge on any atom is -0.394 e. The second-order valence-electron chi connectivity index (χ2n) is 4.96. The van der Waals surface area contributed by atoms with Crippen LogP contribution in [0.15, 0.2) is 18.7 Å². The molecule has 3 N–H and O–H groups in total. The molecule has 0 unspecified atom stereocenters. The van der Waals surface area contributed by atoms with E-state index in [1.165, 1.54) is 0 Å². The number of rotatable bonds is 7. The highest BCUT2D eigenvalue weighted by atomic mass is 16.3. The number of aromatic nitrogens is 5. The SMILES string of the molecule is CCNc1nc(N[C@H](CO)C(C)C)nc(-n2ccnc2)n1. The first-order valence-corrected chi connectivity index (χ1v) is 6.99. The number of anilines is 2. The first-order valence-electron chi connectivity index (χ1n) is 6.99. The highest BCUT2D eigenvalue weighted by Crippen LogP contribution is 2.12. The fourth-order valence-corrected chi connectivity index (χ4v) is 1.75. The second kappa shape index (κ2) is 6.98. The first-order chi connectivity index (χ1) is 10.1. The molecule has 2 aromatic heterocycles. The van der Waals surface area contributed by atoms with Crippen LogP contribution in [0.1, 0.15) is 20.8 Å². The quantitative estimate of drug-likeness (QED) is 0.697. The number of nitrogens with one attached hydrogen (secondary N) is 2. The molecular formula is C13H21N7O. The predicted octanol–water partition coefficient (Wildman–Crippen LogP) is 0.918. The first kappa shape index (κ1) is 15.2. The van der Waals surface area contributed by atoms with Crippen LogP contribution in [0.4, 0.5) is 11.9 Å². The van der Waals surface area contributed by atoms with Crippen molar-refractivity contribution in [3.05, 3.63) is 18.7 Å². The van der Waals surface area contributed by atoms with Crippen LogP contribution in [0.2, 0.25) is 0 Å². The summed E-state index contributed by atoms with van der Waals surface area (Å²) in [5.74, 6) is 1.64. The Kier molecular flexibility index (Phi) is 5.04. The van der Waals surface area contributed by atoms with Gasteiger partial charge in [0.25, 0.3) is 0 Å². The van der Waals surface area contributed by atoms with Crippen molar-refractivity contribution < 1.29 is 5.11 Å². The number of imidazole rings is 1. The Morgan fingerprint density at radius 3 is 2.57 bits per heavy atom. The van der Waals surface area contributed by atoms with Gasteiger partial charge < -0.3 is 15.7 Å². The third-order valence-electron chi connectivity index (χ3n) is 3.01. The summed E-state index contributed by atoms with van der Waals surface area (Å²) in [4.78, 5) is 17.0. The summed E-state index contributed by atoms with van der Waals surface area (Å²) in [7, 11) is 0. The molecule has 1 atom stereocenters. The van der Waals surface area contributed by atoms with Gasteiger partial charge in [0, 0.05) is 18.9 Å². The summed E-state index contributed by atoms with van der Waals surface area (Å²) in [5, 5.41) is 15.6. The lowest BCUT2D eigenvalue weighted by Gasteiger charge is -2.20. The number of aliphatic hydroxyl groups is 1. The average Bonchev–Trinajstić information content (AvgIpc) is 2.99. The summed E-state index contributed by atoms with van der Waals surface area (Å²) < 4.78 is 1.71. The van der Waals surface area contributed by atoms with E-state index in [0.29, 0.717) is 24.4 Å². The van der Waals surface area contributed by atoms with E-state index in [2.05, 4.69) is 30.6 Å². The van der Waals surface area contributed by atoms with Crippen molar-refractivity contribution >= 4 is 11.9 Å². The maximum absolute atomic E-state index is 9.42. The topological polar surface area (TPSA) is 101 Å². The Balaban J connectivity index is 2.31. The highest BCUT2D eigenvalue weighted by molar-refractivity contribution is 5.38. The molecule has 0 aliphatic carbocycles. The Labute approximate surface area is 123 Å². The van der Waals surface area contributed by atoms with Crippen LogP contribution in [0.3, 0.4) is 0 Å². The summed E-state index contributed by atoms with van der Waals surface area (Å²) in [6, 6.07) is -0.113. The van der Waals surface area contributed by atoms with Crippen molar-refractivity contribution in [2.45, 2.75) is 26.8 Å². The zero-order valence-electron chi connectivity index (χ0n) is 12.5. The zero-order chi connectivity index (χ0) is 15.2. The molecule has 8 heteroatoms. The molecular weight excluding hydrogens is 270 g/mol. The van der Waals surface area contributed by atoms with Gasteiger partial charge in [-0.15, -0.1) is 0 Å². The van der Waals surface area contributed by atoms with E-state index in [1.54, 1.807) is 23.3 Å². The van der Waals surface area contributed by atoms with E-state index in [1.807, 2.05) is 20.8 Å². The summed E-state index contributed by atoms with van der Waals surface area (Å²) in [6.07, 6.45) is 5.05. The smallest absolute Gasteiger partial charge is 0.241 e. The van der Waals surface area contributed by atoms with Crippen molar-refractivity contribution in [2.24, 2.45) is 5.92 Å². The maximum Gasteiger partial charge on any atom is 0.241 e. The number of hydrogen-bond donors (Lipinski definition) is 3. The van der Waals surface area contributed by atoms with Gasteiger partial charge in [-0.25, -0.2) is 4.98 Å². The minimum atomic E-state index is -0.113. The molecule has 2 rings (SSSR count). The van der Waals surface area contributed by atoms with Crippen molar-refractivity contribution in [3.63, 3.8) is 0 Å². The molecule has 0 saturated heterocycles. The van der Waals surface area contributed by atoms with Crippen molar-refractivity contribution in [1.29, 1.82) is 0 Å². The molecule has 114 valence electrons. The van der Waals surface area contributed by atoms with Gasteiger partial charge in [-0.3, -0.25) is 4.57 Å². The third-order valence-corrected chi connectivity index (χ3v) is 3.01. The summed E-state index contributed by atoms with van der Waals surface area (Å²) in [6.45, 7) is 6.74. The zero-order valence-corrected chi connectivity index (χ0v) is 12.5. The Bertz CT molecular complexity index is 556. The monoisotopic (exact) mass is 291 g/mol. The van der Waals surface area contributed by atoms with Gasteiger partial charge >= 0.3 is 0 Å². The summed E-state index contributed by atoms with van der Waals surface area (Å²) in [5.41, 5.74) is 0. The number of hydrogen-bond acceptors (Lipinski definition) is 7. The maximum atomic E-state index is 9.42. The van der Waals surface area contributed by atoms with Crippen LogP contribution in [0.25, 0.3) is 5.95 Å². The van der Waals surface area contributed by atoms with Crippen LogP contribution < -0.4 is 10.6 Å². The van der Waals surface area contributed by atoms with Gasteiger partial charge in [0.15, 0.2) is 0 Å². The number of nitrogens with zero attached hydrogens (tertiary/aromatic N) is 5. The molecule has 0 radical (unpaired) electrons. The Morgan fingerprint density at radius 1 is 1.24 bits per heavy atom. The van der Waals surface area contributed by atoms with Crippen LogP contribution in [0.5, 0.6) is 0 Å². The van der Waals surface area contributed by atoms with Crippen LogP contribution >= 0.6 is 0 Å². The molecule has 0 bridgehead atoms. The lowest BCUT2D eigenvalue weighted by atomic mass is 10.1. The highest BCUT2D eigenvalue weighted by Gasteiger charge is 2.15. The molecule has 0 aromatic carbocycles. The standard InChI is InChI=1S/C13H21N7O/c1-4-15-11-17-12(16-10(7-21)9(2)3)19-13(18-11)20-6-5-14-8-20/h5-6,8-10,21H,4,7H2,1-3H3,(H2,15,16,17,18,19)/t10-/m1/s1. The van der Waals surface area contributed by atoms with E-state index in [0.717, 1.165) is 0 Å². The number of aliphatic hydroxyl groups excluding tert-OH is 1. The van der Waals surface area contributed by atoms with Crippen molar-refractivity contribution in [1.82, 2.24) is 24.5 Å². The van der Waals surface area contributed by atoms with Crippen LogP contribution in [0, 0.1) is 5.92 Å². The van der Waals surface area contributed by atoms with E-state index in [-0.39, 0.29) is 18.6 Å². The molecule has 0 aliphatic heterocycles. The average molecular weight is 291 g/mol. The van der Waals surface area contributed by atoms with Crippen LogP contribution in [-0.4, -0.2) is 48.8 Å².